The summed E-state index contributed by atoms with van der Waals surface area (Å²) >= 11 is 0. The SMILES string of the molecule is Cc1ccc(CN2CCC(CNC(=O)NC3CCCCC3)CC2)cc1. The summed E-state index contributed by atoms with van der Waals surface area (Å²) in [6.07, 6.45) is 8.47. The van der Waals surface area contributed by atoms with E-state index in [1.807, 2.05) is 0 Å². The molecule has 0 spiro atoms. The molecule has 2 aliphatic rings. The molecule has 2 amide bonds. The summed E-state index contributed by atoms with van der Waals surface area (Å²) in [6, 6.07) is 9.28. The van der Waals surface area contributed by atoms with Crippen molar-refractivity contribution in [2.24, 2.45) is 5.92 Å². The van der Waals surface area contributed by atoms with Crippen LogP contribution in [-0.2, 0) is 6.54 Å². The lowest BCUT2D eigenvalue weighted by Gasteiger charge is -2.32. The second-order valence-electron chi connectivity index (χ2n) is 7.89. The maximum absolute atomic E-state index is 12.1. The van der Waals surface area contributed by atoms with Gasteiger partial charge in [-0.25, -0.2) is 4.79 Å². The van der Waals surface area contributed by atoms with Crippen LogP contribution in [0.4, 0.5) is 4.79 Å². The van der Waals surface area contributed by atoms with Gasteiger partial charge in [-0.2, -0.15) is 0 Å². The first-order valence-corrected chi connectivity index (χ1v) is 10.0. The molecule has 4 heteroatoms. The van der Waals surface area contributed by atoms with Crippen molar-refractivity contribution in [1.82, 2.24) is 15.5 Å². The fourth-order valence-electron chi connectivity index (χ4n) is 4.02. The number of nitrogens with one attached hydrogen (secondary N) is 2. The second kappa shape index (κ2) is 9.23. The largest absolute Gasteiger partial charge is 0.338 e. The smallest absolute Gasteiger partial charge is 0.315 e. The summed E-state index contributed by atoms with van der Waals surface area (Å²) < 4.78 is 0. The van der Waals surface area contributed by atoms with Gasteiger partial charge >= 0.3 is 6.03 Å². The zero-order valence-corrected chi connectivity index (χ0v) is 15.6. The van der Waals surface area contributed by atoms with E-state index in [0.29, 0.717) is 12.0 Å². The highest BCUT2D eigenvalue weighted by atomic mass is 16.2. The van der Waals surface area contributed by atoms with E-state index in [9.17, 15) is 4.79 Å². The van der Waals surface area contributed by atoms with E-state index in [-0.39, 0.29) is 6.03 Å². The van der Waals surface area contributed by atoms with E-state index >= 15 is 0 Å². The van der Waals surface area contributed by atoms with Gasteiger partial charge in [0.2, 0.25) is 0 Å². The zero-order chi connectivity index (χ0) is 17.5. The normalized spacial score (nSPS) is 20.4. The number of rotatable bonds is 5. The van der Waals surface area contributed by atoms with Crippen LogP contribution in [0.15, 0.2) is 24.3 Å². The van der Waals surface area contributed by atoms with Crippen LogP contribution in [0.5, 0.6) is 0 Å². The number of benzene rings is 1. The molecule has 1 aromatic rings. The molecule has 1 aromatic carbocycles. The number of piperidine rings is 1. The van der Waals surface area contributed by atoms with E-state index in [2.05, 4.69) is 46.7 Å². The van der Waals surface area contributed by atoms with Crippen molar-refractivity contribution < 1.29 is 4.79 Å². The number of carbonyl (C=O) groups excluding carboxylic acids is 1. The van der Waals surface area contributed by atoms with E-state index < -0.39 is 0 Å². The number of amides is 2. The Balaban J connectivity index is 1.32. The van der Waals surface area contributed by atoms with Crippen LogP contribution in [0.1, 0.15) is 56.1 Å². The van der Waals surface area contributed by atoms with Crippen LogP contribution in [-0.4, -0.2) is 36.6 Å². The molecule has 3 rings (SSSR count). The highest BCUT2D eigenvalue weighted by Crippen LogP contribution is 2.19. The minimum atomic E-state index is 0.0361. The Morgan fingerprint density at radius 3 is 2.40 bits per heavy atom. The minimum absolute atomic E-state index is 0.0361. The molecular weight excluding hydrogens is 310 g/mol. The van der Waals surface area contributed by atoms with Crippen LogP contribution >= 0.6 is 0 Å². The maximum Gasteiger partial charge on any atom is 0.315 e. The van der Waals surface area contributed by atoms with E-state index in [1.165, 1.54) is 43.2 Å². The Morgan fingerprint density at radius 2 is 1.72 bits per heavy atom. The van der Waals surface area contributed by atoms with Gasteiger partial charge in [0.25, 0.3) is 0 Å². The first kappa shape index (κ1) is 18.2. The lowest BCUT2D eigenvalue weighted by molar-refractivity contribution is 0.174. The second-order valence-corrected chi connectivity index (χ2v) is 7.89. The van der Waals surface area contributed by atoms with Gasteiger partial charge in [-0.1, -0.05) is 49.1 Å². The molecule has 25 heavy (non-hydrogen) atoms. The molecule has 2 N–H and O–H groups in total. The van der Waals surface area contributed by atoms with Gasteiger partial charge in [-0.15, -0.1) is 0 Å². The number of hydrogen-bond acceptors (Lipinski definition) is 2. The number of aryl methyl sites for hydroxylation is 1. The lowest BCUT2D eigenvalue weighted by Crippen LogP contribution is -2.45. The van der Waals surface area contributed by atoms with Crippen molar-refractivity contribution in [2.45, 2.75) is 64.5 Å². The Morgan fingerprint density at radius 1 is 1.04 bits per heavy atom. The molecule has 1 saturated carbocycles. The Hall–Kier alpha value is -1.55. The predicted molar refractivity (Wildman–Crippen MR) is 103 cm³/mol. The van der Waals surface area contributed by atoms with Crippen LogP contribution in [0.25, 0.3) is 0 Å². The van der Waals surface area contributed by atoms with Gasteiger partial charge in [-0.3, -0.25) is 4.90 Å². The molecule has 0 unspecified atom stereocenters. The van der Waals surface area contributed by atoms with Crippen molar-refractivity contribution in [2.75, 3.05) is 19.6 Å². The molecule has 0 atom stereocenters. The molecule has 2 fully saturated rings. The number of hydrogen-bond donors (Lipinski definition) is 2. The maximum atomic E-state index is 12.1. The zero-order valence-electron chi connectivity index (χ0n) is 15.6. The summed E-state index contributed by atoms with van der Waals surface area (Å²) in [5, 5.41) is 6.25. The number of urea groups is 1. The summed E-state index contributed by atoms with van der Waals surface area (Å²) in [7, 11) is 0. The van der Waals surface area contributed by atoms with Gasteiger partial charge in [0.1, 0.15) is 0 Å². The third-order valence-electron chi connectivity index (χ3n) is 5.73. The Bertz CT molecular complexity index is 529. The molecule has 1 heterocycles. The molecule has 138 valence electrons. The molecule has 1 aliphatic carbocycles. The van der Waals surface area contributed by atoms with Crippen LogP contribution in [0.2, 0.25) is 0 Å². The first-order chi connectivity index (χ1) is 12.2. The van der Waals surface area contributed by atoms with E-state index in [4.69, 9.17) is 0 Å². The average Bonchev–Trinajstić information content (AvgIpc) is 2.64. The van der Waals surface area contributed by atoms with Crippen LogP contribution < -0.4 is 10.6 Å². The molecule has 4 nitrogen and oxygen atoms in total. The van der Waals surface area contributed by atoms with Crippen molar-refractivity contribution in [3.8, 4) is 0 Å². The van der Waals surface area contributed by atoms with E-state index in [0.717, 1.165) is 39.0 Å². The predicted octanol–water partition coefficient (Wildman–Crippen LogP) is 3.84. The highest BCUT2D eigenvalue weighted by Gasteiger charge is 2.21. The van der Waals surface area contributed by atoms with Gasteiger partial charge < -0.3 is 10.6 Å². The molecule has 0 aromatic heterocycles. The fourth-order valence-corrected chi connectivity index (χ4v) is 4.02. The minimum Gasteiger partial charge on any atom is -0.338 e. The molecule has 1 saturated heterocycles. The number of likely N-dealkylation sites (tertiary alicyclic amines) is 1. The van der Waals surface area contributed by atoms with Gasteiger partial charge in [-0.05, 0) is 57.2 Å². The molecule has 1 aliphatic heterocycles. The van der Waals surface area contributed by atoms with Crippen molar-refractivity contribution in [1.29, 1.82) is 0 Å². The molecule has 0 radical (unpaired) electrons. The number of nitrogens with zero attached hydrogens (tertiary/aromatic N) is 1. The van der Waals surface area contributed by atoms with Crippen LogP contribution in [0, 0.1) is 12.8 Å². The summed E-state index contributed by atoms with van der Waals surface area (Å²) in [5.41, 5.74) is 2.72. The van der Waals surface area contributed by atoms with Crippen molar-refractivity contribution in [3.05, 3.63) is 35.4 Å². The summed E-state index contributed by atoms with van der Waals surface area (Å²) in [4.78, 5) is 14.6. The van der Waals surface area contributed by atoms with Gasteiger partial charge in [0, 0.05) is 19.1 Å². The summed E-state index contributed by atoms with van der Waals surface area (Å²) in [6.45, 7) is 6.25. The van der Waals surface area contributed by atoms with Crippen LogP contribution in [0.3, 0.4) is 0 Å². The standard InChI is InChI=1S/C21H33N3O/c1-17-7-9-19(10-8-17)16-24-13-11-18(12-14-24)15-22-21(25)23-20-5-3-2-4-6-20/h7-10,18,20H,2-6,11-16H2,1H3,(H2,22,23,25). The van der Waals surface area contributed by atoms with Crippen molar-refractivity contribution in [3.63, 3.8) is 0 Å². The third kappa shape index (κ3) is 6.03. The molecular formula is C21H33N3O. The highest BCUT2D eigenvalue weighted by molar-refractivity contribution is 5.74. The van der Waals surface area contributed by atoms with Gasteiger partial charge in [0.05, 0.1) is 0 Å². The Kier molecular flexibility index (Phi) is 6.74. The number of carbonyl (C=O) groups is 1. The van der Waals surface area contributed by atoms with E-state index in [1.54, 1.807) is 0 Å². The molecule has 0 bridgehead atoms. The Labute approximate surface area is 152 Å². The quantitative estimate of drug-likeness (QED) is 0.853. The third-order valence-corrected chi connectivity index (χ3v) is 5.73. The first-order valence-electron chi connectivity index (χ1n) is 10.0. The fraction of sp³-hybridized carbons (Fsp3) is 0.667. The summed E-state index contributed by atoms with van der Waals surface area (Å²) in [5.74, 6) is 0.617. The van der Waals surface area contributed by atoms with Crippen molar-refractivity contribution >= 4 is 6.03 Å². The average molecular weight is 344 g/mol. The monoisotopic (exact) mass is 343 g/mol. The topological polar surface area (TPSA) is 44.4 Å². The lowest BCUT2D eigenvalue weighted by atomic mass is 9.95. The van der Waals surface area contributed by atoms with Gasteiger partial charge in [0.15, 0.2) is 0 Å².